The molecule has 1 saturated heterocycles. The van der Waals surface area contributed by atoms with Crippen LogP contribution in [0.25, 0.3) is 11.0 Å². The average molecular weight is 346 g/mol. The van der Waals surface area contributed by atoms with Gasteiger partial charge in [-0.1, -0.05) is 26.0 Å². The third kappa shape index (κ3) is 2.48. The molecule has 1 aromatic carbocycles. The Bertz CT molecular complexity index is 1010. The molecule has 132 valence electrons. The van der Waals surface area contributed by atoms with Crippen molar-refractivity contribution in [3.05, 3.63) is 48.2 Å². The summed E-state index contributed by atoms with van der Waals surface area (Å²) in [5.41, 5.74) is 4.26. The Balaban J connectivity index is 1.45. The summed E-state index contributed by atoms with van der Waals surface area (Å²) < 4.78 is 2.01. The number of imidazole rings is 1. The van der Waals surface area contributed by atoms with Gasteiger partial charge in [0.15, 0.2) is 5.84 Å². The van der Waals surface area contributed by atoms with E-state index in [-0.39, 0.29) is 0 Å². The molecular formula is C20H22N6. The van der Waals surface area contributed by atoms with Gasteiger partial charge in [0.25, 0.3) is 0 Å². The van der Waals surface area contributed by atoms with E-state index in [0.29, 0.717) is 12.0 Å². The number of para-hydroxylation sites is 2. The summed E-state index contributed by atoms with van der Waals surface area (Å²) in [7, 11) is 0. The first kappa shape index (κ1) is 15.5. The lowest BCUT2D eigenvalue weighted by molar-refractivity contribution is 0.279. The van der Waals surface area contributed by atoms with Crippen LogP contribution >= 0.6 is 0 Å². The molecule has 2 aliphatic heterocycles. The number of rotatable bonds is 1. The average Bonchev–Trinajstić information content (AvgIpc) is 3.24. The summed E-state index contributed by atoms with van der Waals surface area (Å²) >= 11 is 0. The van der Waals surface area contributed by atoms with Crippen LogP contribution in [0.2, 0.25) is 0 Å². The Morgan fingerprint density at radius 1 is 1.04 bits per heavy atom. The molecule has 0 atom stereocenters. The van der Waals surface area contributed by atoms with Crippen LogP contribution in [0.1, 0.15) is 38.1 Å². The predicted molar refractivity (Wildman–Crippen MR) is 103 cm³/mol. The zero-order valence-corrected chi connectivity index (χ0v) is 15.2. The second-order valence-electron chi connectivity index (χ2n) is 7.92. The fourth-order valence-corrected chi connectivity index (χ4v) is 3.75. The Morgan fingerprint density at radius 2 is 1.85 bits per heavy atom. The molecule has 0 aliphatic carbocycles. The van der Waals surface area contributed by atoms with Gasteiger partial charge >= 0.3 is 0 Å². The molecule has 0 bridgehead atoms. The quantitative estimate of drug-likeness (QED) is 0.678. The van der Waals surface area contributed by atoms with Crippen LogP contribution in [0, 0.1) is 5.41 Å². The minimum absolute atomic E-state index is 0.430. The lowest BCUT2D eigenvalue weighted by Crippen LogP contribution is -2.38. The zero-order chi connectivity index (χ0) is 17.7. The maximum absolute atomic E-state index is 4.88. The van der Waals surface area contributed by atoms with E-state index in [0.717, 1.165) is 47.2 Å². The molecule has 0 unspecified atom stereocenters. The number of hydrogen-bond acceptors (Lipinski definition) is 5. The van der Waals surface area contributed by atoms with Gasteiger partial charge in [0.2, 0.25) is 0 Å². The van der Waals surface area contributed by atoms with E-state index in [1.165, 1.54) is 12.8 Å². The maximum Gasteiger partial charge on any atom is 0.162 e. The van der Waals surface area contributed by atoms with E-state index in [1.807, 2.05) is 35.3 Å². The summed E-state index contributed by atoms with van der Waals surface area (Å²) in [5.74, 6) is 1.82. The van der Waals surface area contributed by atoms with E-state index < -0.39 is 0 Å². The standard InChI is InChI=1S/C20H22N6/c1-20(2)7-9-25(10-8-20)17-12-21-18-15(24-17)11-22-19(18)26-13-23-14-5-3-4-6-16(14)26/h3-6,12-13H,7-11H2,1-2H3. The Hall–Kier alpha value is -2.76. The minimum Gasteiger partial charge on any atom is -0.355 e. The van der Waals surface area contributed by atoms with Gasteiger partial charge in [0.1, 0.15) is 17.8 Å². The van der Waals surface area contributed by atoms with E-state index in [2.05, 4.69) is 29.8 Å². The highest BCUT2D eigenvalue weighted by Crippen LogP contribution is 2.32. The number of anilines is 1. The first-order valence-electron chi connectivity index (χ1n) is 9.19. The number of fused-ring (bicyclic) bond motifs is 2. The predicted octanol–water partition coefficient (Wildman–Crippen LogP) is 3.26. The lowest BCUT2D eigenvalue weighted by atomic mass is 9.83. The van der Waals surface area contributed by atoms with E-state index >= 15 is 0 Å². The van der Waals surface area contributed by atoms with Crippen molar-refractivity contribution in [2.75, 3.05) is 18.0 Å². The maximum atomic E-state index is 4.88. The monoisotopic (exact) mass is 346 g/mol. The van der Waals surface area contributed by atoms with Crippen molar-refractivity contribution < 1.29 is 0 Å². The van der Waals surface area contributed by atoms with E-state index in [4.69, 9.17) is 15.0 Å². The summed E-state index contributed by atoms with van der Waals surface area (Å²) in [6.07, 6.45) is 6.10. The van der Waals surface area contributed by atoms with Crippen LogP contribution in [0.15, 0.2) is 41.8 Å². The largest absolute Gasteiger partial charge is 0.355 e. The molecule has 0 saturated carbocycles. The Kier molecular flexibility index (Phi) is 3.35. The fraction of sp³-hybridized carbons (Fsp3) is 0.400. The van der Waals surface area contributed by atoms with Crippen LogP contribution in [0.5, 0.6) is 0 Å². The van der Waals surface area contributed by atoms with Gasteiger partial charge in [-0.05, 0) is 30.4 Å². The Morgan fingerprint density at radius 3 is 2.69 bits per heavy atom. The molecule has 26 heavy (non-hydrogen) atoms. The van der Waals surface area contributed by atoms with Crippen LogP contribution in [-0.2, 0) is 6.54 Å². The fourth-order valence-electron chi connectivity index (χ4n) is 3.75. The van der Waals surface area contributed by atoms with Crippen LogP contribution < -0.4 is 4.90 Å². The molecule has 2 aromatic heterocycles. The van der Waals surface area contributed by atoms with Crippen molar-refractivity contribution in [1.82, 2.24) is 19.5 Å². The number of benzene rings is 1. The van der Waals surface area contributed by atoms with Crippen LogP contribution in [0.4, 0.5) is 5.82 Å². The molecule has 5 rings (SSSR count). The molecule has 0 N–H and O–H groups in total. The molecule has 2 aliphatic rings. The summed E-state index contributed by atoms with van der Waals surface area (Å²) in [6, 6.07) is 8.08. The van der Waals surface area contributed by atoms with Crippen molar-refractivity contribution >= 4 is 22.7 Å². The highest BCUT2D eigenvalue weighted by Gasteiger charge is 2.28. The summed E-state index contributed by atoms with van der Waals surface area (Å²) in [5, 5.41) is 0. The SMILES string of the molecule is CC1(C)CCN(c2cnc3c(n2)CN=C3n2cnc3ccccc32)CC1. The number of aromatic nitrogens is 4. The third-order valence-corrected chi connectivity index (χ3v) is 5.55. The first-order valence-corrected chi connectivity index (χ1v) is 9.19. The van der Waals surface area contributed by atoms with Crippen molar-refractivity contribution in [3.63, 3.8) is 0 Å². The van der Waals surface area contributed by atoms with Crippen LogP contribution in [0.3, 0.4) is 0 Å². The molecule has 1 fully saturated rings. The van der Waals surface area contributed by atoms with Gasteiger partial charge in [0, 0.05) is 13.1 Å². The van der Waals surface area contributed by atoms with Gasteiger partial charge < -0.3 is 4.90 Å². The highest BCUT2D eigenvalue weighted by atomic mass is 15.2. The smallest absolute Gasteiger partial charge is 0.162 e. The Labute approximate surface area is 152 Å². The second kappa shape index (κ2) is 5.62. The molecule has 4 heterocycles. The molecule has 0 amide bonds. The van der Waals surface area contributed by atoms with Gasteiger partial charge in [-0.3, -0.25) is 9.56 Å². The topological polar surface area (TPSA) is 59.2 Å². The summed E-state index contributed by atoms with van der Waals surface area (Å²) in [6.45, 7) is 7.35. The molecule has 0 radical (unpaired) electrons. The van der Waals surface area contributed by atoms with Gasteiger partial charge in [-0.25, -0.2) is 15.0 Å². The molecular weight excluding hydrogens is 324 g/mol. The van der Waals surface area contributed by atoms with E-state index in [9.17, 15) is 0 Å². The third-order valence-electron chi connectivity index (χ3n) is 5.55. The van der Waals surface area contributed by atoms with Gasteiger partial charge in [0.05, 0.1) is 29.5 Å². The van der Waals surface area contributed by atoms with Crippen molar-refractivity contribution in [3.8, 4) is 0 Å². The van der Waals surface area contributed by atoms with Crippen molar-refractivity contribution in [2.24, 2.45) is 10.4 Å². The van der Waals surface area contributed by atoms with E-state index in [1.54, 1.807) is 0 Å². The highest BCUT2D eigenvalue weighted by molar-refractivity contribution is 6.05. The van der Waals surface area contributed by atoms with Crippen LogP contribution in [-0.4, -0.2) is 38.4 Å². The number of nitrogens with zero attached hydrogens (tertiary/aromatic N) is 6. The first-order chi connectivity index (χ1) is 12.6. The minimum atomic E-state index is 0.430. The zero-order valence-electron chi connectivity index (χ0n) is 15.2. The number of hydrogen-bond donors (Lipinski definition) is 0. The number of aliphatic imine (C=N–C) groups is 1. The van der Waals surface area contributed by atoms with Crippen molar-refractivity contribution in [2.45, 2.75) is 33.2 Å². The molecule has 3 aromatic rings. The number of piperidine rings is 1. The molecule has 6 heteroatoms. The second-order valence-corrected chi connectivity index (χ2v) is 7.92. The molecule has 6 nitrogen and oxygen atoms in total. The van der Waals surface area contributed by atoms with Gasteiger partial charge in [-0.15, -0.1) is 0 Å². The van der Waals surface area contributed by atoms with Gasteiger partial charge in [-0.2, -0.15) is 0 Å². The lowest BCUT2D eigenvalue weighted by Gasteiger charge is -2.37. The molecule has 0 spiro atoms. The summed E-state index contributed by atoms with van der Waals surface area (Å²) in [4.78, 5) is 21.1. The normalized spacial score (nSPS) is 18.8. The van der Waals surface area contributed by atoms with Crippen molar-refractivity contribution in [1.29, 1.82) is 0 Å².